The Labute approximate surface area is 387 Å². The van der Waals surface area contributed by atoms with Crippen LogP contribution in [0.5, 0.6) is 0 Å². The summed E-state index contributed by atoms with van der Waals surface area (Å²) in [6.07, 6.45) is 7.32. The fraction of sp³-hybridized carbons (Fsp3) is 0.420. The standard InChI is InChI=1S/C50H57FN9O6P/c1-8-67(64,9-2)42-13-11-37(25-36(42)28-52-7)57-18-19-58(49(57)63)45-43-32(6)56(17-14-39(43)54-60(45)38-22-29(3)44(51)30(4)23-38)46(61)41-26-35-24-34(33-15-20-65-21-16-33)10-12-40(35)59(41)50(27-31(50)5)47-53-48(62)66-55-47/h10-13,18-19,22-26,31-33,52H,8-9,14-17,20-21,27-28H2,1-7H3,(H,53,55,62)/t31-,32-,50-/m0/s1. The Hall–Kier alpha value is -6.09. The molecule has 7 aromatic rings. The van der Waals surface area contributed by atoms with Crippen molar-refractivity contribution in [3.63, 3.8) is 0 Å². The summed E-state index contributed by atoms with van der Waals surface area (Å²) in [5.74, 6) is -0.0411. The molecule has 3 aromatic carbocycles. The number of aromatic amines is 1. The van der Waals surface area contributed by atoms with E-state index in [4.69, 9.17) is 14.4 Å². The number of aryl methyl sites for hydroxylation is 2. The van der Waals surface area contributed by atoms with E-state index in [-0.39, 0.29) is 23.3 Å². The average Bonchev–Trinajstić information content (AvgIpc) is 3.83. The summed E-state index contributed by atoms with van der Waals surface area (Å²) in [4.78, 5) is 47.6. The van der Waals surface area contributed by atoms with Crippen molar-refractivity contribution < 1.29 is 23.0 Å². The van der Waals surface area contributed by atoms with Crippen molar-refractivity contribution in [3.05, 3.63) is 139 Å². The van der Waals surface area contributed by atoms with Gasteiger partial charge in [-0.05, 0) is 130 Å². The number of carbonyl (C=O) groups excluding carboxylic acids is 1. The molecule has 3 aliphatic rings. The Bertz CT molecular complexity index is 3230. The third-order valence-corrected chi connectivity index (χ3v) is 18.2. The molecule has 4 aromatic heterocycles. The SMILES string of the molecule is CCP(=O)(CC)c1ccc(-n2ccn(-c3c4c(nn3-c3cc(C)c(F)c(C)c3)CCN(C(=O)c3cc5cc(C6CCOCC6)ccc5n3[C@@]3(c5noc(=O)[nH]5)C[C@@H]3C)[C@H]4C)c2=O)cc1CNC. The highest BCUT2D eigenvalue weighted by atomic mass is 31.2. The van der Waals surface area contributed by atoms with E-state index in [9.17, 15) is 14.2 Å². The molecule has 10 rings (SSSR count). The number of carbonyl (C=O) groups is 1. The van der Waals surface area contributed by atoms with Crippen molar-refractivity contribution in [2.75, 3.05) is 39.1 Å². The molecule has 1 saturated carbocycles. The Morgan fingerprint density at radius 1 is 0.970 bits per heavy atom. The maximum Gasteiger partial charge on any atom is 0.438 e. The van der Waals surface area contributed by atoms with Crippen LogP contribution in [0.25, 0.3) is 28.1 Å². The van der Waals surface area contributed by atoms with Gasteiger partial charge in [-0.1, -0.05) is 32.0 Å². The van der Waals surface area contributed by atoms with Gasteiger partial charge in [0, 0.05) is 79.2 Å². The zero-order valence-corrected chi connectivity index (χ0v) is 40.0. The zero-order chi connectivity index (χ0) is 47.1. The van der Waals surface area contributed by atoms with E-state index < -0.39 is 24.5 Å². The van der Waals surface area contributed by atoms with Gasteiger partial charge in [0.15, 0.2) is 5.82 Å². The molecule has 0 spiro atoms. The third-order valence-electron chi connectivity index (χ3n) is 14.8. The Balaban J connectivity index is 1.11. The Kier molecular flexibility index (Phi) is 11.3. The lowest BCUT2D eigenvalue weighted by molar-refractivity contribution is 0.0663. The van der Waals surface area contributed by atoms with Gasteiger partial charge in [0.25, 0.3) is 5.91 Å². The maximum absolute atomic E-state index is 15.6. The molecule has 0 bridgehead atoms. The van der Waals surface area contributed by atoms with Crippen LogP contribution in [0.4, 0.5) is 4.39 Å². The van der Waals surface area contributed by atoms with Gasteiger partial charge < -0.3 is 24.1 Å². The second kappa shape index (κ2) is 16.9. The maximum atomic E-state index is 15.6. The Morgan fingerprint density at radius 3 is 2.34 bits per heavy atom. The predicted molar refractivity (Wildman–Crippen MR) is 255 cm³/mol. The number of halogens is 1. The van der Waals surface area contributed by atoms with Crippen LogP contribution in [0.3, 0.4) is 0 Å². The molecule has 1 saturated heterocycles. The minimum atomic E-state index is -2.64. The summed E-state index contributed by atoms with van der Waals surface area (Å²) in [5.41, 5.74) is 5.60. The number of ether oxygens (including phenoxy) is 1. The smallest absolute Gasteiger partial charge is 0.381 e. The summed E-state index contributed by atoms with van der Waals surface area (Å²) in [6.45, 7) is 13.5. The zero-order valence-electron chi connectivity index (χ0n) is 39.1. The monoisotopic (exact) mass is 929 g/mol. The number of benzene rings is 3. The minimum absolute atomic E-state index is 0.0210. The van der Waals surface area contributed by atoms with Crippen LogP contribution in [0, 0.1) is 25.6 Å². The summed E-state index contributed by atoms with van der Waals surface area (Å²) in [7, 11) is -0.802. The van der Waals surface area contributed by atoms with Crippen LogP contribution in [-0.4, -0.2) is 83.6 Å². The molecule has 15 nitrogen and oxygen atoms in total. The molecule has 350 valence electrons. The normalized spacial score (nSPS) is 19.9. The lowest BCUT2D eigenvalue weighted by Gasteiger charge is -2.34. The lowest BCUT2D eigenvalue weighted by Crippen LogP contribution is -2.41. The first-order chi connectivity index (χ1) is 32.2. The number of hydrogen-bond acceptors (Lipinski definition) is 9. The van der Waals surface area contributed by atoms with Gasteiger partial charge in [0.1, 0.15) is 30.0 Å². The molecule has 1 amide bonds. The molecule has 2 N–H and O–H groups in total. The molecule has 3 atom stereocenters. The van der Waals surface area contributed by atoms with Gasteiger partial charge in [-0.3, -0.25) is 23.4 Å². The summed E-state index contributed by atoms with van der Waals surface area (Å²) < 4.78 is 46.8. The van der Waals surface area contributed by atoms with Gasteiger partial charge in [0.2, 0.25) is 0 Å². The van der Waals surface area contributed by atoms with Crippen molar-refractivity contribution >= 4 is 29.3 Å². The molecule has 67 heavy (non-hydrogen) atoms. The highest BCUT2D eigenvalue weighted by Crippen LogP contribution is 2.56. The molecule has 6 heterocycles. The van der Waals surface area contributed by atoms with Gasteiger partial charge in [-0.2, -0.15) is 5.10 Å². The molecule has 2 aliphatic heterocycles. The lowest BCUT2D eigenvalue weighted by atomic mass is 9.91. The van der Waals surface area contributed by atoms with Gasteiger partial charge in [0.05, 0.1) is 23.1 Å². The van der Waals surface area contributed by atoms with E-state index in [1.807, 2.05) is 61.6 Å². The van der Waals surface area contributed by atoms with E-state index in [1.54, 1.807) is 52.2 Å². The van der Waals surface area contributed by atoms with Crippen LogP contribution < -0.4 is 22.1 Å². The number of H-pyrrole nitrogens is 1. The van der Waals surface area contributed by atoms with Crippen LogP contribution >= 0.6 is 7.14 Å². The van der Waals surface area contributed by atoms with Crippen molar-refractivity contribution in [2.45, 2.75) is 91.3 Å². The van der Waals surface area contributed by atoms with Crippen molar-refractivity contribution in [3.8, 4) is 17.2 Å². The second-order valence-corrected chi connectivity index (χ2v) is 22.2. The molecule has 2 fully saturated rings. The number of imidazole rings is 1. The number of nitrogens with one attached hydrogen (secondary N) is 2. The number of hydrogen-bond donors (Lipinski definition) is 2. The van der Waals surface area contributed by atoms with E-state index in [2.05, 4.69) is 40.6 Å². The molecular formula is C50H57FN9O6P. The van der Waals surface area contributed by atoms with Gasteiger partial charge in [-0.25, -0.2) is 18.7 Å². The molecule has 0 unspecified atom stereocenters. The second-order valence-electron chi connectivity index (χ2n) is 18.6. The largest absolute Gasteiger partial charge is 0.438 e. The van der Waals surface area contributed by atoms with Gasteiger partial charge in [-0.15, -0.1) is 0 Å². The fourth-order valence-corrected chi connectivity index (χ4v) is 13.1. The number of fused-ring (bicyclic) bond motifs is 2. The van der Waals surface area contributed by atoms with Crippen molar-refractivity contribution in [1.29, 1.82) is 0 Å². The number of amides is 1. The van der Waals surface area contributed by atoms with Crippen LogP contribution in [0.1, 0.15) is 109 Å². The average molecular weight is 930 g/mol. The highest BCUT2D eigenvalue weighted by Gasteiger charge is 2.59. The predicted octanol–water partition coefficient (Wildman–Crippen LogP) is 7.39. The van der Waals surface area contributed by atoms with E-state index in [0.29, 0.717) is 103 Å². The fourth-order valence-electron chi connectivity index (χ4n) is 11.0. The number of rotatable bonds is 12. The number of aromatic nitrogens is 7. The Morgan fingerprint density at radius 2 is 1.69 bits per heavy atom. The van der Waals surface area contributed by atoms with Crippen LogP contribution in [0.2, 0.25) is 0 Å². The first kappa shape index (κ1) is 44.7. The third kappa shape index (κ3) is 7.21. The molecular weight excluding hydrogens is 873 g/mol. The molecule has 0 radical (unpaired) electrons. The quantitative estimate of drug-likeness (QED) is 0.119. The van der Waals surface area contributed by atoms with Gasteiger partial charge >= 0.3 is 11.4 Å². The van der Waals surface area contributed by atoms with E-state index in [0.717, 1.165) is 40.3 Å². The first-order valence-electron chi connectivity index (χ1n) is 23.4. The van der Waals surface area contributed by atoms with Crippen LogP contribution in [-0.2, 0) is 27.8 Å². The highest BCUT2D eigenvalue weighted by molar-refractivity contribution is 7.71. The van der Waals surface area contributed by atoms with E-state index in [1.165, 1.54) is 5.56 Å². The minimum Gasteiger partial charge on any atom is -0.381 e. The van der Waals surface area contributed by atoms with Crippen molar-refractivity contribution in [2.24, 2.45) is 5.92 Å². The first-order valence-corrected chi connectivity index (χ1v) is 25.5. The summed E-state index contributed by atoms with van der Waals surface area (Å²) >= 11 is 0. The summed E-state index contributed by atoms with van der Waals surface area (Å²) in [6, 6.07) is 16.9. The summed E-state index contributed by atoms with van der Waals surface area (Å²) in [5, 5.41) is 14.2. The molecule has 17 heteroatoms. The molecule has 1 aliphatic carbocycles. The topological polar surface area (TPSA) is 167 Å². The number of nitrogens with zero attached hydrogens (tertiary/aromatic N) is 7. The van der Waals surface area contributed by atoms with Crippen molar-refractivity contribution in [1.82, 2.24) is 43.8 Å². The van der Waals surface area contributed by atoms with Crippen LogP contribution in [0.15, 0.2) is 81.1 Å². The van der Waals surface area contributed by atoms with E-state index >= 15 is 9.18 Å².